The maximum absolute atomic E-state index is 12.4. The first-order valence-electron chi connectivity index (χ1n) is 9.57. The highest BCUT2D eigenvalue weighted by atomic mass is 16.2. The molecule has 1 fully saturated rings. The second-order valence-electron chi connectivity index (χ2n) is 7.34. The summed E-state index contributed by atoms with van der Waals surface area (Å²) < 4.78 is 0. The van der Waals surface area contributed by atoms with Crippen molar-refractivity contribution >= 4 is 29.4 Å². The molecule has 3 N–H and O–H groups in total. The standard InChI is InChI=1S/C22H24N4O4/c1-13-7-14(2)20(15(3)8-13)25-18(27)10-23-21(29)17-6-4-5-16(9-17)12-26-19(28)11-24-22(26)30/h4-9H,10-12H2,1-3H3,(H,23,29)(H,24,30)(H,25,27). The van der Waals surface area contributed by atoms with Crippen molar-refractivity contribution in [3.8, 4) is 0 Å². The highest BCUT2D eigenvalue weighted by Gasteiger charge is 2.28. The third-order valence-corrected chi connectivity index (χ3v) is 4.82. The lowest BCUT2D eigenvalue weighted by Gasteiger charge is -2.14. The number of urea groups is 1. The van der Waals surface area contributed by atoms with E-state index in [1.807, 2.05) is 32.9 Å². The van der Waals surface area contributed by atoms with Gasteiger partial charge in [-0.1, -0.05) is 29.8 Å². The van der Waals surface area contributed by atoms with Gasteiger partial charge in [0, 0.05) is 11.3 Å². The van der Waals surface area contributed by atoms with Crippen molar-refractivity contribution in [2.45, 2.75) is 27.3 Å². The van der Waals surface area contributed by atoms with E-state index in [1.165, 1.54) is 0 Å². The van der Waals surface area contributed by atoms with Crippen molar-refractivity contribution in [3.63, 3.8) is 0 Å². The van der Waals surface area contributed by atoms with Crippen LogP contribution in [-0.4, -0.2) is 41.7 Å². The number of nitrogens with one attached hydrogen (secondary N) is 3. The van der Waals surface area contributed by atoms with Gasteiger partial charge in [0.15, 0.2) is 0 Å². The Bertz CT molecular complexity index is 993. The van der Waals surface area contributed by atoms with Gasteiger partial charge >= 0.3 is 6.03 Å². The summed E-state index contributed by atoms with van der Waals surface area (Å²) in [4.78, 5) is 49.2. The molecule has 8 nitrogen and oxygen atoms in total. The largest absolute Gasteiger partial charge is 0.343 e. The molecule has 0 bridgehead atoms. The molecular weight excluding hydrogens is 384 g/mol. The molecule has 156 valence electrons. The Morgan fingerprint density at radius 3 is 2.40 bits per heavy atom. The van der Waals surface area contributed by atoms with Crippen molar-refractivity contribution in [1.29, 1.82) is 0 Å². The van der Waals surface area contributed by atoms with Crippen molar-refractivity contribution in [2.75, 3.05) is 18.4 Å². The summed E-state index contributed by atoms with van der Waals surface area (Å²) in [6.07, 6.45) is 0. The Hall–Kier alpha value is -3.68. The number of hydrogen-bond donors (Lipinski definition) is 3. The normalized spacial score (nSPS) is 13.2. The highest BCUT2D eigenvalue weighted by Crippen LogP contribution is 2.21. The molecular formula is C22H24N4O4. The minimum absolute atomic E-state index is 0.0198. The maximum atomic E-state index is 12.4. The van der Waals surface area contributed by atoms with Crippen LogP contribution in [0.4, 0.5) is 10.5 Å². The number of rotatable bonds is 6. The summed E-state index contributed by atoms with van der Waals surface area (Å²) in [7, 11) is 0. The molecule has 0 aromatic heterocycles. The second kappa shape index (κ2) is 8.77. The molecule has 0 radical (unpaired) electrons. The molecule has 0 saturated carbocycles. The number of amides is 5. The molecule has 1 heterocycles. The summed E-state index contributed by atoms with van der Waals surface area (Å²) in [6, 6.07) is 10.1. The van der Waals surface area contributed by atoms with Crippen LogP contribution in [0.1, 0.15) is 32.6 Å². The molecule has 5 amide bonds. The number of carbonyl (C=O) groups excluding carboxylic acids is 4. The number of anilines is 1. The summed E-state index contributed by atoms with van der Waals surface area (Å²) in [6.45, 7) is 5.72. The molecule has 3 rings (SSSR count). The molecule has 1 aliphatic heterocycles. The van der Waals surface area contributed by atoms with Gasteiger partial charge in [0.1, 0.15) is 0 Å². The number of carbonyl (C=O) groups is 4. The first-order valence-corrected chi connectivity index (χ1v) is 9.57. The summed E-state index contributed by atoms with van der Waals surface area (Å²) >= 11 is 0. The number of aryl methyl sites for hydroxylation is 3. The summed E-state index contributed by atoms with van der Waals surface area (Å²) in [5.41, 5.74) is 4.76. The zero-order valence-electron chi connectivity index (χ0n) is 17.2. The minimum atomic E-state index is -0.451. The van der Waals surface area contributed by atoms with E-state index >= 15 is 0 Å². The van der Waals surface area contributed by atoms with Crippen LogP contribution in [0.5, 0.6) is 0 Å². The summed E-state index contributed by atoms with van der Waals surface area (Å²) in [5.74, 6) is -1.05. The molecule has 0 atom stereocenters. The van der Waals surface area contributed by atoms with Crippen molar-refractivity contribution in [2.24, 2.45) is 0 Å². The van der Waals surface area contributed by atoms with Crippen LogP contribution in [0, 0.1) is 20.8 Å². The molecule has 1 saturated heterocycles. The van der Waals surface area contributed by atoms with Crippen molar-refractivity contribution in [1.82, 2.24) is 15.5 Å². The van der Waals surface area contributed by atoms with Gasteiger partial charge in [-0.15, -0.1) is 0 Å². The Balaban J connectivity index is 1.59. The molecule has 0 unspecified atom stereocenters. The number of imide groups is 1. The van der Waals surface area contributed by atoms with Crippen molar-refractivity contribution in [3.05, 3.63) is 64.2 Å². The lowest BCUT2D eigenvalue weighted by atomic mass is 10.1. The third kappa shape index (κ3) is 4.83. The van der Waals surface area contributed by atoms with Crippen LogP contribution < -0.4 is 16.0 Å². The fraction of sp³-hybridized carbons (Fsp3) is 0.273. The van der Waals surface area contributed by atoms with Crippen LogP contribution in [0.25, 0.3) is 0 Å². The Kier molecular flexibility index (Phi) is 6.15. The maximum Gasteiger partial charge on any atom is 0.324 e. The predicted molar refractivity (Wildman–Crippen MR) is 112 cm³/mol. The van der Waals surface area contributed by atoms with E-state index in [-0.39, 0.29) is 31.4 Å². The SMILES string of the molecule is Cc1cc(C)c(NC(=O)CNC(=O)c2cccc(CN3C(=O)CNC3=O)c2)c(C)c1. The monoisotopic (exact) mass is 408 g/mol. The number of benzene rings is 2. The molecule has 1 aliphatic rings. The van der Waals surface area contributed by atoms with Gasteiger partial charge in [-0.3, -0.25) is 19.3 Å². The zero-order valence-corrected chi connectivity index (χ0v) is 17.2. The molecule has 2 aromatic carbocycles. The average Bonchev–Trinajstić information content (AvgIpc) is 3.01. The van der Waals surface area contributed by atoms with Crippen LogP contribution in [0.3, 0.4) is 0 Å². The number of nitrogens with zero attached hydrogens (tertiary/aromatic N) is 1. The topological polar surface area (TPSA) is 108 Å². The van der Waals surface area contributed by atoms with Gasteiger partial charge in [-0.05, 0) is 49.6 Å². The fourth-order valence-corrected chi connectivity index (χ4v) is 3.43. The first kappa shape index (κ1) is 21.0. The van der Waals surface area contributed by atoms with Crippen LogP contribution in [0.15, 0.2) is 36.4 Å². The van der Waals surface area contributed by atoms with Crippen LogP contribution in [-0.2, 0) is 16.1 Å². The van der Waals surface area contributed by atoms with Gasteiger partial charge < -0.3 is 16.0 Å². The van der Waals surface area contributed by atoms with Gasteiger partial charge in [-0.2, -0.15) is 0 Å². The molecule has 2 aromatic rings. The van der Waals surface area contributed by atoms with Gasteiger partial charge in [0.2, 0.25) is 11.8 Å². The Morgan fingerprint density at radius 2 is 1.77 bits per heavy atom. The van der Waals surface area contributed by atoms with E-state index in [1.54, 1.807) is 24.3 Å². The predicted octanol–water partition coefficient (Wildman–Crippen LogP) is 2.03. The molecule has 8 heteroatoms. The van der Waals surface area contributed by atoms with E-state index in [4.69, 9.17) is 0 Å². The third-order valence-electron chi connectivity index (χ3n) is 4.82. The summed E-state index contributed by atoms with van der Waals surface area (Å²) in [5, 5.41) is 7.89. The highest BCUT2D eigenvalue weighted by molar-refractivity contribution is 6.02. The number of hydrogen-bond acceptors (Lipinski definition) is 4. The van der Waals surface area contributed by atoms with Gasteiger partial charge in [-0.25, -0.2) is 4.79 Å². The smallest absolute Gasteiger partial charge is 0.324 e. The van der Waals surface area contributed by atoms with E-state index in [2.05, 4.69) is 16.0 Å². The van der Waals surface area contributed by atoms with E-state index in [9.17, 15) is 19.2 Å². The molecule has 0 spiro atoms. The minimum Gasteiger partial charge on any atom is -0.343 e. The van der Waals surface area contributed by atoms with Crippen LogP contribution in [0.2, 0.25) is 0 Å². The lowest BCUT2D eigenvalue weighted by Crippen LogP contribution is -2.33. The van der Waals surface area contributed by atoms with E-state index in [0.29, 0.717) is 11.1 Å². The van der Waals surface area contributed by atoms with Gasteiger partial charge in [0.05, 0.1) is 19.6 Å². The van der Waals surface area contributed by atoms with Crippen LogP contribution >= 0.6 is 0 Å². The molecule has 30 heavy (non-hydrogen) atoms. The second-order valence-corrected chi connectivity index (χ2v) is 7.34. The fourth-order valence-electron chi connectivity index (χ4n) is 3.43. The van der Waals surface area contributed by atoms with Crippen molar-refractivity contribution < 1.29 is 19.2 Å². The Labute approximate surface area is 174 Å². The first-order chi connectivity index (χ1) is 14.2. The van der Waals surface area contributed by atoms with E-state index < -0.39 is 11.9 Å². The van der Waals surface area contributed by atoms with Gasteiger partial charge in [0.25, 0.3) is 5.91 Å². The van der Waals surface area contributed by atoms with E-state index in [0.717, 1.165) is 27.3 Å². The quantitative estimate of drug-likeness (QED) is 0.636. The zero-order chi connectivity index (χ0) is 21.8. The molecule has 0 aliphatic carbocycles. The Morgan fingerprint density at radius 1 is 1.07 bits per heavy atom. The lowest BCUT2D eigenvalue weighted by molar-refractivity contribution is -0.125. The average molecular weight is 408 g/mol.